The number of hydrogen-bond donors (Lipinski definition) is 3. The van der Waals surface area contributed by atoms with Crippen LogP contribution in [0.5, 0.6) is 11.5 Å². The number of nitrogens with zero attached hydrogens (tertiary/aromatic N) is 1. The molecule has 0 radical (unpaired) electrons. The van der Waals surface area contributed by atoms with Crippen LogP contribution in [0.4, 0.5) is 0 Å². The van der Waals surface area contributed by atoms with Crippen molar-refractivity contribution in [1.29, 1.82) is 0 Å². The van der Waals surface area contributed by atoms with Crippen LogP contribution in [0.3, 0.4) is 0 Å². The van der Waals surface area contributed by atoms with E-state index in [1.165, 1.54) is 0 Å². The Morgan fingerprint density at radius 2 is 1.77 bits per heavy atom. The maximum absolute atomic E-state index is 10.4. The molecule has 1 aromatic carbocycles. The zero-order valence-electron chi connectivity index (χ0n) is 16.5. The van der Waals surface area contributed by atoms with Crippen molar-refractivity contribution in [1.82, 2.24) is 10.6 Å². The van der Waals surface area contributed by atoms with Gasteiger partial charge in [0.05, 0.1) is 25.8 Å². The second-order valence-corrected chi connectivity index (χ2v) is 6.09. The molecule has 1 atom stereocenters. The standard InChI is InChI=1S/C19H33N3O3.HI/c1-6-19(23,7-2)14-22-18(20-8-3)21-13-15(4)25-17-12-10-9-11-16(17)24-5;/h9-12,15,23H,6-8,13-14H2,1-5H3,(H2,20,21,22);1H. The number of aliphatic hydroxyl groups is 1. The van der Waals surface area contributed by atoms with E-state index in [9.17, 15) is 5.11 Å². The molecule has 1 aromatic rings. The highest BCUT2D eigenvalue weighted by molar-refractivity contribution is 14.0. The summed E-state index contributed by atoms with van der Waals surface area (Å²) >= 11 is 0. The van der Waals surface area contributed by atoms with Gasteiger partial charge in [-0.1, -0.05) is 26.0 Å². The highest BCUT2D eigenvalue weighted by Crippen LogP contribution is 2.26. The van der Waals surface area contributed by atoms with E-state index in [0.29, 0.717) is 43.4 Å². The molecule has 0 amide bonds. The molecule has 0 bridgehead atoms. The first-order valence-electron chi connectivity index (χ1n) is 9.02. The maximum atomic E-state index is 10.4. The fourth-order valence-electron chi connectivity index (χ4n) is 2.26. The van der Waals surface area contributed by atoms with Crippen LogP contribution in [0, 0.1) is 0 Å². The summed E-state index contributed by atoms with van der Waals surface area (Å²) < 4.78 is 11.2. The van der Waals surface area contributed by atoms with Crippen LogP contribution in [-0.4, -0.2) is 49.5 Å². The average Bonchev–Trinajstić information content (AvgIpc) is 2.64. The minimum absolute atomic E-state index is 0. The lowest BCUT2D eigenvalue weighted by Gasteiger charge is -2.24. The summed E-state index contributed by atoms with van der Waals surface area (Å²) in [6.45, 7) is 9.65. The number of rotatable bonds is 10. The first-order chi connectivity index (χ1) is 12.0. The van der Waals surface area contributed by atoms with Gasteiger partial charge in [-0.05, 0) is 38.8 Å². The van der Waals surface area contributed by atoms with Gasteiger partial charge >= 0.3 is 0 Å². The quantitative estimate of drug-likeness (QED) is 0.273. The van der Waals surface area contributed by atoms with Gasteiger partial charge in [-0.15, -0.1) is 24.0 Å². The number of benzene rings is 1. The van der Waals surface area contributed by atoms with Crippen LogP contribution in [-0.2, 0) is 0 Å². The van der Waals surface area contributed by atoms with Crippen LogP contribution in [0.1, 0.15) is 40.5 Å². The molecule has 0 saturated carbocycles. The zero-order valence-corrected chi connectivity index (χ0v) is 18.9. The third kappa shape index (κ3) is 8.44. The number of hydrogen-bond acceptors (Lipinski definition) is 4. The Morgan fingerprint density at radius 1 is 1.15 bits per heavy atom. The van der Waals surface area contributed by atoms with E-state index in [2.05, 4.69) is 15.6 Å². The Bertz CT molecular complexity index is 537. The number of para-hydroxylation sites is 2. The topological polar surface area (TPSA) is 75.1 Å². The second kappa shape index (κ2) is 13.0. The van der Waals surface area contributed by atoms with E-state index in [1.54, 1.807) is 7.11 Å². The van der Waals surface area contributed by atoms with Gasteiger partial charge in [-0.2, -0.15) is 0 Å². The highest BCUT2D eigenvalue weighted by Gasteiger charge is 2.21. The Balaban J connectivity index is 0.00000625. The van der Waals surface area contributed by atoms with Crippen molar-refractivity contribution in [3.63, 3.8) is 0 Å². The first-order valence-corrected chi connectivity index (χ1v) is 9.02. The number of methoxy groups -OCH3 is 1. The monoisotopic (exact) mass is 479 g/mol. The molecule has 150 valence electrons. The van der Waals surface area contributed by atoms with Gasteiger partial charge in [0.1, 0.15) is 6.10 Å². The summed E-state index contributed by atoms with van der Waals surface area (Å²) in [6.07, 6.45) is 1.29. The number of nitrogens with one attached hydrogen (secondary N) is 2. The molecule has 0 aliphatic rings. The normalized spacial score (nSPS) is 12.8. The van der Waals surface area contributed by atoms with Gasteiger partial charge in [0.25, 0.3) is 0 Å². The highest BCUT2D eigenvalue weighted by atomic mass is 127. The summed E-state index contributed by atoms with van der Waals surface area (Å²) in [6, 6.07) is 7.58. The molecule has 0 spiro atoms. The van der Waals surface area contributed by atoms with Crippen molar-refractivity contribution in [2.45, 2.75) is 52.2 Å². The summed E-state index contributed by atoms with van der Waals surface area (Å²) in [4.78, 5) is 4.50. The SMILES string of the molecule is CCNC(=NCC(O)(CC)CC)NCC(C)Oc1ccccc1OC.I. The Hall–Kier alpha value is -1.22. The molecule has 1 unspecified atom stereocenters. The summed E-state index contributed by atoms with van der Waals surface area (Å²) in [7, 11) is 1.63. The number of guanidine groups is 1. The molecule has 1 rings (SSSR count). The molecule has 0 aliphatic heterocycles. The third-order valence-electron chi connectivity index (χ3n) is 4.15. The molecular formula is C19H34IN3O3. The summed E-state index contributed by atoms with van der Waals surface area (Å²) in [5.41, 5.74) is -0.748. The molecule has 0 aromatic heterocycles. The third-order valence-corrected chi connectivity index (χ3v) is 4.15. The van der Waals surface area contributed by atoms with Gasteiger partial charge in [-0.25, -0.2) is 0 Å². The van der Waals surface area contributed by atoms with Gasteiger partial charge in [-0.3, -0.25) is 4.99 Å². The molecule has 7 heteroatoms. The zero-order chi connectivity index (χ0) is 18.7. The predicted molar refractivity (Wildman–Crippen MR) is 118 cm³/mol. The van der Waals surface area contributed by atoms with Crippen molar-refractivity contribution in [2.75, 3.05) is 26.7 Å². The van der Waals surface area contributed by atoms with Gasteiger partial charge in [0.15, 0.2) is 17.5 Å². The minimum Gasteiger partial charge on any atom is -0.493 e. The predicted octanol–water partition coefficient (Wildman–Crippen LogP) is 3.19. The largest absolute Gasteiger partial charge is 0.493 e. The van der Waals surface area contributed by atoms with Crippen molar-refractivity contribution in [3.8, 4) is 11.5 Å². The fourth-order valence-corrected chi connectivity index (χ4v) is 2.26. The lowest BCUT2D eigenvalue weighted by molar-refractivity contribution is 0.0418. The number of ether oxygens (including phenoxy) is 2. The van der Waals surface area contributed by atoms with E-state index in [1.807, 2.05) is 52.0 Å². The van der Waals surface area contributed by atoms with E-state index in [4.69, 9.17) is 9.47 Å². The van der Waals surface area contributed by atoms with Crippen LogP contribution in [0.2, 0.25) is 0 Å². The van der Waals surface area contributed by atoms with E-state index >= 15 is 0 Å². The lowest BCUT2D eigenvalue weighted by atomic mass is 9.98. The minimum atomic E-state index is -0.748. The van der Waals surface area contributed by atoms with Crippen LogP contribution in [0.25, 0.3) is 0 Å². The van der Waals surface area contributed by atoms with E-state index in [-0.39, 0.29) is 30.1 Å². The number of aliphatic imine (C=N–C) groups is 1. The first kappa shape index (κ1) is 24.8. The molecular weight excluding hydrogens is 445 g/mol. The Morgan fingerprint density at radius 3 is 2.31 bits per heavy atom. The molecule has 0 saturated heterocycles. The lowest BCUT2D eigenvalue weighted by Crippen LogP contribution is -2.43. The number of halogens is 1. The fraction of sp³-hybridized carbons (Fsp3) is 0.632. The van der Waals surface area contributed by atoms with Crippen LogP contribution >= 0.6 is 24.0 Å². The Kier molecular flexibility index (Phi) is 12.4. The molecule has 26 heavy (non-hydrogen) atoms. The van der Waals surface area contributed by atoms with Crippen molar-refractivity contribution >= 4 is 29.9 Å². The molecule has 0 fully saturated rings. The van der Waals surface area contributed by atoms with Gasteiger partial charge in [0, 0.05) is 6.54 Å². The van der Waals surface area contributed by atoms with E-state index in [0.717, 1.165) is 6.54 Å². The van der Waals surface area contributed by atoms with E-state index < -0.39 is 5.60 Å². The molecule has 3 N–H and O–H groups in total. The molecule has 0 aliphatic carbocycles. The van der Waals surface area contributed by atoms with Gasteiger partial charge in [0.2, 0.25) is 0 Å². The van der Waals surface area contributed by atoms with Crippen molar-refractivity contribution in [2.24, 2.45) is 4.99 Å². The van der Waals surface area contributed by atoms with Crippen molar-refractivity contribution in [3.05, 3.63) is 24.3 Å². The average molecular weight is 479 g/mol. The van der Waals surface area contributed by atoms with Crippen LogP contribution < -0.4 is 20.1 Å². The van der Waals surface area contributed by atoms with Gasteiger partial charge < -0.3 is 25.2 Å². The Labute approximate surface area is 174 Å². The smallest absolute Gasteiger partial charge is 0.191 e. The molecule has 6 nitrogen and oxygen atoms in total. The summed E-state index contributed by atoms with van der Waals surface area (Å²) in [5, 5.41) is 16.8. The second-order valence-electron chi connectivity index (χ2n) is 6.09. The van der Waals surface area contributed by atoms with Crippen molar-refractivity contribution < 1.29 is 14.6 Å². The van der Waals surface area contributed by atoms with Crippen LogP contribution in [0.15, 0.2) is 29.3 Å². The summed E-state index contributed by atoms with van der Waals surface area (Å²) in [5.74, 6) is 2.11. The maximum Gasteiger partial charge on any atom is 0.191 e. The molecule has 0 heterocycles.